The maximum absolute atomic E-state index is 13.3. The minimum absolute atomic E-state index is 0.159. The summed E-state index contributed by atoms with van der Waals surface area (Å²) in [6.45, 7) is 2.29. The van der Waals surface area contributed by atoms with Gasteiger partial charge in [0.05, 0.1) is 34.0 Å². The van der Waals surface area contributed by atoms with Crippen LogP contribution in [0.4, 0.5) is 13.2 Å². The number of amides is 1. The van der Waals surface area contributed by atoms with E-state index in [1.54, 1.807) is 47.2 Å². The van der Waals surface area contributed by atoms with E-state index in [1.165, 1.54) is 6.20 Å². The summed E-state index contributed by atoms with van der Waals surface area (Å²) >= 11 is 0. The van der Waals surface area contributed by atoms with E-state index in [4.69, 9.17) is 0 Å². The number of alkyl halides is 3. The van der Waals surface area contributed by atoms with Crippen LogP contribution in [-0.4, -0.2) is 42.1 Å². The number of halogens is 3. The molecule has 10 heteroatoms. The highest BCUT2D eigenvalue weighted by atomic mass is 19.4. The second-order valence-corrected chi connectivity index (χ2v) is 7.98. The van der Waals surface area contributed by atoms with Gasteiger partial charge in [-0.1, -0.05) is 0 Å². The van der Waals surface area contributed by atoms with E-state index in [-0.39, 0.29) is 11.9 Å². The predicted octanol–water partition coefficient (Wildman–Crippen LogP) is 4.20. The summed E-state index contributed by atoms with van der Waals surface area (Å²) < 4.78 is 41.2. The van der Waals surface area contributed by atoms with E-state index in [9.17, 15) is 18.0 Å². The van der Waals surface area contributed by atoms with Crippen LogP contribution in [0.15, 0.2) is 49.1 Å². The molecule has 4 heterocycles. The van der Waals surface area contributed by atoms with Gasteiger partial charge in [-0.3, -0.25) is 24.4 Å². The number of rotatable bonds is 2. The molecule has 0 saturated heterocycles. The maximum atomic E-state index is 13.3. The molecule has 0 radical (unpaired) electrons. The lowest BCUT2D eigenvalue weighted by molar-refractivity contribution is -0.137. The molecule has 0 spiro atoms. The molecule has 0 unspecified atom stereocenters. The van der Waals surface area contributed by atoms with Crippen molar-refractivity contribution in [2.75, 3.05) is 6.54 Å². The van der Waals surface area contributed by atoms with Gasteiger partial charge in [-0.2, -0.15) is 18.3 Å². The van der Waals surface area contributed by atoms with Crippen LogP contribution in [0.5, 0.6) is 0 Å². The minimum atomic E-state index is -4.48. The summed E-state index contributed by atoms with van der Waals surface area (Å²) in [5, 5.41) is 4.57. The molecule has 1 aliphatic heterocycles. The standard InChI is InChI=1S/C23H19F3N6O/c1-13-20-17(21(31(2)30-20)15-9-16(12-27-11-15)23(24,25)26)5-8-32(13)22(33)14-3-4-18-19(10-14)29-7-6-28-18/h3-4,6-7,9-13H,5,8H2,1-2H3/t13-/m0/s1. The molecule has 0 aliphatic carbocycles. The van der Waals surface area contributed by atoms with Gasteiger partial charge in [-0.25, -0.2) is 0 Å². The Morgan fingerprint density at radius 2 is 1.85 bits per heavy atom. The highest BCUT2D eigenvalue weighted by Gasteiger charge is 2.35. The molecule has 0 N–H and O–H groups in total. The average Bonchev–Trinajstić information content (AvgIpc) is 3.15. The van der Waals surface area contributed by atoms with E-state index in [0.717, 1.165) is 17.8 Å². The molecule has 0 bridgehead atoms. The Labute approximate surface area is 186 Å². The normalized spacial score (nSPS) is 16.2. The summed E-state index contributed by atoms with van der Waals surface area (Å²) in [7, 11) is 1.69. The summed E-state index contributed by atoms with van der Waals surface area (Å²) in [6, 6.07) is 5.93. The summed E-state index contributed by atoms with van der Waals surface area (Å²) in [4.78, 5) is 27.3. The molecule has 1 amide bonds. The first-order chi connectivity index (χ1) is 15.7. The Kier molecular flexibility index (Phi) is 4.88. The van der Waals surface area contributed by atoms with Crippen LogP contribution in [-0.2, 0) is 19.6 Å². The summed E-state index contributed by atoms with van der Waals surface area (Å²) in [6.07, 6.45) is 1.37. The molecule has 7 nitrogen and oxygen atoms in total. The number of aryl methyl sites for hydroxylation is 1. The third-order valence-electron chi connectivity index (χ3n) is 5.96. The van der Waals surface area contributed by atoms with Gasteiger partial charge in [-0.05, 0) is 37.6 Å². The van der Waals surface area contributed by atoms with E-state index >= 15 is 0 Å². The lowest BCUT2D eigenvalue weighted by Crippen LogP contribution is -2.38. The lowest BCUT2D eigenvalue weighted by atomic mass is 9.95. The molecule has 4 aromatic rings. The highest BCUT2D eigenvalue weighted by Crippen LogP contribution is 2.37. The zero-order valence-corrected chi connectivity index (χ0v) is 17.8. The Morgan fingerprint density at radius 1 is 1.09 bits per heavy atom. The average molecular weight is 452 g/mol. The third-order valence-corrected chi connectivity index (χ3v) is 5.96. The van der Waals surface area contributed by atoms with E-state index < -0.39 is 11.7 Å². The van der Waals surface area contributed by atoms with Crippen molar-refractivity contribution in [1.82, 2.24) is 29.6 Å². The zero-order valence-electron chi connectivity index (χ0n) is 17.8. The van der Waals surface area contributed by atoms with E-state index in [1.807, 2.05) is 6.92 Å². The SMILES string of the molecule is C[C@H]1c2nn(C)c(-c3cncc(C(F)(F)F)c3)c2CCN1C(=O)c1ccc2nccnc2c1. The first-order valence-electron chi connectivity index (χ1n) is 10.3. The summed E-state index contributed by atoms with van der Waals surface area (Å²) in [5.41, 5.74) is 3.46. The molecule has 1 aliphatic rings. The minimum Gasteiger partial charge on any atom is -0.330 e. The van der Waals surface area contributed by atoms with Crippen molar-refractivity contribution in [3.8, 4) is 11.3 Å². The number of fused-ring (bicyclic) bond motifs is 2. The number of carbonyl (C=O) groups is 1. The Balaban J connectivity index is 1.49. The van der Waals surface area contributed by atoms with Crippen LogP contribution < -0.4 is 0 Å². The third kappa shape index (κ3) is 3.61. The smallest absolute Gasteiger partial charge is 0.330 e. The van der Waals surface area contributed by atoms with Gasteiger partial charge < -0.3 is 4.90 Å². The van der Waals surface area contributed by atoms with Crippen molar-refractivity contribution in [2.45, 2.75) is 25.6 Å². The van der Waals surface area contributed by atoms with E-state index in [2.05, 4.69) is 20.1 Å². The molecule has 0 fully saturated rings. The number of hydrogen-bond acceptors (Lipinski definition) is 5. The van der Waals surface area contributed by atoms with Crippen LogP contribution in [0, 0.1) is 0 Å². The van der Waals surface area contributed by atoms with Gasteiger partial charge in [0, 0.05) is 55.1 Å². The van der Waals surface area contributed by atoms with Crippen molar-refractivity contribution < 1.29 is 18.0 Å². The van der Waals surface area contributed by atoms with Gasteiger partial charge in [0.25, 0.3) is 5.91 Å². The fraction of sp³-hybridized carbons (Fsp3) is 0.261. The van der Waals surface area contributed by atoms with Gasteiger partial charge in [0.2, 0.25) is 0 Å². The first-order valence-corrected chi connectivity index (χ1v) is 10.3. The van der Waals surface area contributed by atoms with Gasteiger partial charge in [-0.15, -0.1) is 0 Å². The van der Waals surface area contributed by atoms with Crippen LogP contribution in [0.3, 0.4) is 0 Å². The first kappa shape index (κ1) is 21.0. The predicted molar refractivity (Wildman–Crippen MR) is 114 cm³/mol. The number of benzene rings is 1. The van der Waals surface area contributed by atoms with Gasteiger partial charge in [0.15, 0.2) is 0 Å². The number of carbonyl (C=O) groups excluding carboxylic acids is 1. The van der Waals surface area contributed by atoms with Crippen molar-refractivity contribution in [3.63, 3.8) is 0 Å². The fourth-order valence-corrected chi connectivity index (χ4v) is 4.37. The number of aromatic nitrogens is 5. The highest BCUT2D eigenvalue weighted by molar-refractivity contribution is 5.97. The quantitative estimate of drug-likeness (QED) is 0.456. The van der Waals surface area contributed by atoms with E-state index in [0.29, 0.717) is 46.5 Å². The molecule has 0 saturated carbocycles. The van der Waals surface area contributed by atoms with Crippen molar-refractivity contribution in [2.24, 2.45) is 7.05 Å². The Morgan fingerprint density at radius 3 is 2.61 bits per heavy atom. The van der Waals surface area contributed by atoms with Crippen LogP contribution in [0.1, 0.15) is 40.1 Å². The van der Waals surface area contributed by atoms with Crippen LogP contribution in [0.25, 0.3) is 22.3 Å². The van der Waals surface area contributed by atoms with Crippen molar-refractivity contribution in [3.05, 3.63) is 71.4 Å². The van der Waals surface area contributed by atoms with Crippen LogP contribution in [0.2, 0.25) is 0 Å². The largest absolute Gasteiger partial charge is 0.417 e. The zero-order chi connectivity index (χ0) is 23.3. The number of nitrogens with zero attached hydrogens (tertiary/aromatic N) is 6. The number of hydrogen-bond donors (Lipinski definition) is 0. The molecule has 1 aromatic carbocycles. The second kappa shape index (κ2) is 7.65. The van der Waals surface area contributed by atoms with Gasteiger partial charge >= 0.3 is 6.18 Å². The molecule has 33 heavy (non-hydrogen) atoms. The molecule has 168 valence electrons. The second-order valence-electron chi connectivity index (χ2n) is 7.98. The number of pyridine rings is 1. The maximum Gasteiger partial charge on any atom is 0.417 e. The monoisotopic (exact) mass is 452 g/mol. The molecule has 5 rings (SSSR count). The van der Waals surface area contributed by atoms with Gasteiger partial charge in [0.1, 0.15) is 0 Å². The van der Waals surface area contributed by atoms with Crippen molar-refractivity contribution in [1.29, 1.82) is 0 Å². The Bertz CT molecular complexity index is 1380. The molecular weight excluding hydrogens is 433 g/mol. The molecular formula is C23H19F3N6O. The fourth-order valence-electron chi connectivity index (χ4n) is 4.37. The Hall–Kier alpha value is -3.82. The topological polar surface area (TPSA) is 76.8 Å². The molecule has 3 aromatic heterocycles. The van der Waals surface area contributed by atoms with Crippen molar-refractivity contribution >= 4 is 16.9 Å². The van der Waals surface area contributed by atoms with Crippen LogP contribution >= 0.6 is 0 Å². The molecule has 1 atom stereocenters. The lowest BCUT2D eigenvalue weighted by Gasteiger charge is -2.33. The summed E-state index contributed by atoms with van der Waals surface area (Å²) in [5.74, 6) is -0.159.